The van der Waals surface area contributed by atoms with Crippen molar-refractivity contribution >= 4 is 27.2 Å². The second-order valence-electron chi connectivity index (χ2n) is 3.61. The van der Waals surface area contributed by atoms with E-state index in [1.807, 2.05) is 11.4 Å². The van der Waals surface area contributed by atoms with E-state index < -0.39 is 5.82 Å². The first-order chi connectivity index (χ1) is 8.74. The summed E-state index contributed by atoms with van der Waals surface area (Å²) in [4.78, 5) is 8.91. The van der Waals surface area contributed by atoms with Crippen LogP contribution in [0.4, 0.5) is 10.1 Å². The molecule has 2 N–H and O–H groups in total. The highest BCUT2D eigenvalue weighted by Crippen LogP contribution is 2.31. The minimum atomic E-state index is -0.517. The van der Waals surface area contributed by atoms with Gasteiger partial charge in [-0.2, -0.15) is 0 Å². The van der Waals surface area contributed by atoms with Gasteiger partial charge in [0.05, 0.1) is 5.39 Å². The fourth-order valence-corrected chi connectivity index (χ4v) is 2.28. The zero-order chi connectivity index (χ0) is 12.5. The monoisotopic (exact) mass is 261 g/mol. The van der Waals surface area contributed by atoms with E-state index in [2.05, 4.69) is 9.97 Å². The number of anilines is 1. The number of hydrogen-bond acceptors (Lipinski definition) is 5. The van der Waals surface area contributed by atoms with Crippen LogP contribution in [0.3, 0.4) is 0 Å². The number of benzene rings is 1. The largest absolute Gasteiger partial charge is 0.435 e. The number of fused-ring (bicyclic) bond motifs is 1. The zero-order valence-corrected chi connectivity index (χ0v) is 9.95. The number of nitrogens with two attached hydrogens (primary N) is 1. The summed E-state index contributed by atoms with van der Waals surface area (Å²) in [5.74, 6) is -0.0858. The van der Waals surface area contributed by atoms with Crippen molar-refractivity contribution in [2.75, 3.05) is 5.73 Å². The third-order valence-corrected chi connectivity index (χ3v) is 3.21. The second-order valence-corrected chi connectivity index (χ2v) is 4.50. The van der Waals surface area contributed by atoms with Crippen molar-refractivity contribution < 1.29 is 9.13 Å². The summed E-state index contributed by atoms with van der Waals surface area (Å²) in [6, 6.07) is 6.10. The number of thiophene rings is 1. The molecule has 2 aromatic heterocycles. The molecule has 3 rings (SSSR count). The van der Waals surface area contributed by atoms with E-state index in [0.717, 1.165) is 10.2 Å². The molecule has 1 aromatic carbocycles. The van der Waals surface area contributed by atoms with Crippen LogP contribution in [0, 0.1) is 5.82 Å². The predicted octanol–water partition coefficient (Wildman–Crippen LogP) is 3.20. The van der Waals surface area contributed by atoms with Crippen molar-refractivity contribution in [3.05, 3.63) is 41.8 Å². The van der Waals surface area contributed by atoms with Crippen LogP contribution >= 0.6 is 11.3 Å². The molecule has 0 fully saturated rings. The Kier molecular flexibility index (Phi) is 2.56. The summed E-state index contributed by atoms with van der Waals surface area (Å²) < 4.78 is 19.1. The summed E-state index contributed by atoms with van der Waals surface area (Å²) in [6.45, 7) is 0. The van der Waals surface area contributed by atoms with Crippen LogP contribution in [0.25, 0.3) is 10.2 Å². The molecule has 3 aromatic rings. The lowest BCUT2D eigenvalue weighted by Gasteiger charge is -2.06. The predicted molar refractivity (Wildman–Crippen MR) is 68.3 cm³/mol. The smallest absolute Gasteiger partial charge is 0.231 e. The minimum absolute atomic E-state index is 0.0930. The van der Waals surface area contributed by atoms with E-state index in [1.54, 1.807) is 6.07 Å². The molecule has 0 aliphatic heterocycles. The normalized spacial score (nSPS) is 10.7. The van der Waals surface area contributed by atoms with Crippen molar-refractivity contribution in [2.24, 2.45) is 0 Å². The van der Waals surface area contributed by atoms with E-state index in [1.165, 1.54) is 29.8 Å². The lowest BCUT2D eigenvalue weighted by molar-refractivity contribution is 0.432. The molecular formula is C12H8FN3OS. The number of nitrogen functional groups attached to an aromatic ring is 1. The Bertz CT molecular complexity index is 713. The molecule has 0 unspecified atom stereocenters. The molecule has 0 amide bonds. The van der Waals surface area contributed by atoms with Gasteiger partial charge in [-0.3, -0.25) is 0 Å². The minimum Gasteiger partial charge on any atom is -0.435 e. The number of nitrogens with zero attached hydrogens (tertiary/aromatic N) is 2. The maximum absolute atomic E-state index is 13.6. The lowest BCUT2D eigenvalue weighted by atomic mass is 10.3. The van der Waals surface area contributed by atoms with Gasteiger partial charge in [-0.15, -0.1) is 11.3 Å². The van der Waals surface area contributed by atoms with Crippen molar-refractivity contribution in [3.63, 3.8) is 0 Å². The van der Waals surface area contributed by atoms with Crippen molar-refractivity contribution in [1.82, 2.24) is 9.97 Å². The Morgan fingerprint density at radius 1 is 1.22 bits per heavy atom. The van der Waals surface area contributed by atoms with Crippen molar-refractivity contribution in [3.8, 4) is 11.6 Å². The van der Waals surface area contributed by atoms with Gasteiger partial charge in [-0.05, 0) is 23.6 Å². The first kappa shape index (κ1) is 10.9. The maximum Gasteiger partial charge on any atom is 0.231 e. The molecule has 0 aliphatic rings. The second kappa shape index (κ2) is 4.23. The van der Waals surface area contributed by atoms with E-state index in [0.29, 0.717) is 11.6 Å². The van der Waals surface area contributed by atoms with Crippen LogP contribution in [-0.2, 0) is 0 Å². The molecule has 0 bridgehead atoms. The molecule has 0 saturated heterocycles. The molecule has 2 heterocycles. The van der Waals surface area contributed by atoms with Gasteiger partial charge in [-0.1, -0.05) is 0 Å². The van der Waals surface area contributed by atoms with Crippen LogP contribution in [0.15, 0.2) is 36.0 Å². The molecule has 90 valence electrons. The molecule has 0 aliphatic carbocycles. The summed E-state index contributed by atoms with van der Waals surface area (Å²) >= 11 is 1.47. The van der Waals surface area contributed by atoms with E-state index in [4.69, 9.17) is 10.5 Å². The Morgan fingerprint density at radius 3 is 2.94 bits per heavy atom. The van der Waals surface area contributed by atoms with Crippen LogP contribution in [0.2, 0.25) is 0 Å². The average Bonchev–Trinajstić information content (AvgIpc) is 2.82. The van der Waals surface area contributed by atoms with Crippen molar-refractivity contribution in [2.45, 2.75) is 0 Å². The molecule has 0 saturated carbocycles. The molecule has 0 atom stereocenters. The van der Waals surface area contributed by atoms with E-state index >= 15 is 0 Å². The van der Waals surface area contributed by atoms with Crippen molar-refractivity contribution in [1.29, 1.82) is 0 Å². The highest BCUT2D eigenvalue weighted by atomic mass is 32.1. The fraction of sp³-hybridized carbons (Fsp3) is 0. The van der Waals surface area contributed by atoms with Crippen LogP contribution in [0.5, 0.6) is 11.6 Å². The zero-order valence-electron chi connectivity index (χ0n) is 9.13. The van der Waals surface area contributed by atoms with Gasteiger partial charge in [0.15, 0.2) is 11.6 Å². The van der Waals surface area contributed by atoms with E-state index in [-0.39, 0.29) is 5.75 Å². The van der Waals surface area contributed by atoms with Gasteiger partial charge in [-0.25, -0.2) is 14.4 Å². The van der Waals surface area contributed by atoms with Crippen LogP contribution in [-0.4, -0.2) is 9.97 Å². The average molecular weight is 261 g/mol. The molecule has 18 heavy (non-hydrogen) atoms. The summed E-state index contributed by atoms with van der Waals surface area (Å²) in [5.41, 5.74) is 5.83. The Balaban J connectivity index is 2.03. The lowest BCUT2D eigenvalue weighted by Crippen LogP contribution is -1.93. The highest BCUT2D eigenvalue weighted by molar-refractivity contribution is 7.16. The number of rotatable bonds is 2. The molecule has 0 spiro atoms. The van der Waals surface area contributed by atoms with Gasteiger partial charge in [0.2, 0.25) is 5.88 Å². The first-order valence-corrected chi connectivity index (χ1v) is 6.03. The van der Waals surface area contributed by atoms with Crippen LogP contribution < -0.4 is 10.5 Å². The van der Waals surface area contributed by atoms with Gasteiger partial charge in [0, 0.05) is 11.8 Å². The third kappa shape index (κ3) is 1.86. The van der Waals surface area contributed by atoms with Crippen LogP contribution in [0.1, 0.15) is 0 Å². The quantitative estimate of drug-likeness (QED) is 0.719. The third-order valence-electron chi connectivity index (χ3n) is 2.39. The van der Waals surface area contributed by atoms with Gasteiger partial charge in [0.1, 0.15) is 11.2 Å². The number of ether oxygens (including phenoxy) is 1. The number of hydrogen-bond donors (Lipinski definition) is 1. The number of halogens is 1. The molecule has 6 heteroatoms. The highest BCUT2D eigenvalue weighted by Gasteiger charge is 2.10. The topological polar surface area (TPSA) is 61.0 Å². The molecular weight excluding hydrogens is 253 g/mol. The standard InChI is InChI=1S/C12H8FN3OS/c13-9-5-7(14)1-2-10(9)17-11-8-3-4-18-12(8)16-6-15-11/h1-6H,14H2. The Hall–Kier alpha value is -2.21. The Morgan fingerprint density at radius 2 is 2.11 bits per heavy atom. The van der Waals surface area contributed by atoms with Gasteiger partial charge >= 0.3 is 0 Å². The summed E-state index contributed by atoms with van der Waals surface area (Å²) in [6.07, 6.45) is 1.39. The molecule has 4 nitrogen and oxygen atoms in total. The Labute approximate surface area is 106 Å². The summed E-state index contributed by atoms with van der Waals surface area (Å²) in [5, 5.41) is 2.64. The maximum atomic E-state index is 13.6. The number of aromatic nitrogens is 2. The SMILES string of the molecule is Nc1ccc(Oc2ncnc3sccc23)c(F)c1. The molecule has 0 radical (unpaired) electrons. The first-order valence-electron chi connectivity index (χ1n) is 5.15. The fourth-order valence-electron chi connectivity index (χ4n) is 1.55. The van der Waals surface area contributed by atoms with Gasteiger partial charge < -0.3 is 10.5 Å². The van der Waals surface area contributed by atoms with Gasteiger partial charge in [0.25, 0.3) is 0 Å². The van der Waals surface area contributed by atoms with E-state index in [9.17, 15) is 4.39 Å². The summed E-state index contributed by atoms with van der Waals surface area (Å²) in [7, 11) is 0.